The van der Waals surface area contributed by atoms with E-state index in [4.69, 9.17) is 0 Å². The Morgan fingerprint density at radius 2 is 1.55 bits per heavy atom. The second-order valence-electron chi connectivity index (χ2n) is 5.08. The maximum absolute atomic E-state index is 13.6. The van der Waals surface area contributed by atoms with Crippen LogP contribution in [-0.4, -0.2) is 13.1 Å². The molecule has 0 bridgehead atoms. The number of hydrogen-bond donors (Lipinski definition) is 1. The van der Waals surface area contributed by atoms with Crippen LogP contribution < -0.4 is 5.32 Å². The fourth-order valence-electron chi connectivity index (χ4n) is 2.22. The molecule has 0 saturated heterocycles. The third-order valence-electron chi connectivity index (χ3n) is 3.39. The first-order chi connectivity index (χ1) is 10.8. The Morgan fingerprint density at radius 3 is 2.18 bits per heavy atom. The zero-order valence-corrected chi connectivity index (χ0v) is 13.2. The number of terminal acetylenes is 1. The van der Waals surface area contributed by atoms with Crippen molar-refractivity contribution in [2.75, 3.05) is 13.1 Å². The summed E-state index contributed by atoms with van der Waals surface area (Å²) in [4.78, 5) is 0. The molecule has 2 rings (SSSR count). The Hall–Kier alpha value is -2.11. The van der Waals surface area contributed by atoms with Crippen molar-refractivity contribution in [3.8, 4) is 12.8 Å². The molecule has 0 spiro atoms. The Morgan fingerprint density at radius 1 is 0.909 bits per heavy atom. The Balaban J connectivity index is 0.00000116. The van der Waals surface area contributed by atoms with Crippen LogP contribution in [0.1, 0.15) is 30.0 Å². The highest BCUT2D eigenvalue weighted by Crippen LogP contribution is 2.14. The van der Waals surface area contributed by atoms with E-state index >= 15 is 0 Å². The molecule has 2 aromatic rings. The van der Waals surface area contributed by atoms with E-state index in [1.807, 2.05) is 12.1 Å². The van der Waals surface area contributed by atoms with Crippen LogP contribution in [-0.2, 0) is 12.8 Å². The molecule has 0 atom stereocenters. The average molecular weight is 297 g/mol. The maximum Gasteiger partial charge on any atom is 0.126 e. The van der Waals surface area contributed by atoms with Crippen LogP contribution in [0.15, 0.2) is 48.5 Å². The second kappa shape index (κ2) is 10.6. The maximum atomic E-state index is 13.6. The molecule has 0 heterocycles. The number of nitrogens with one attached hydrogen (secondary N) is 1. The van der Waals surface area contributed by atoms with Crippen LogP contribution in [0.3, 0.4) is 0 Å². The van der Waals surface area contributed by atoms with Gasteiger partial charge in [0.05, 0.1) is 0 Å². The minimum absolute atomic E-state index is 0.125. The highest BCUT2D eigenvalue weighted by atomic mass is 19.1. The number of benzene rings is 2. The molecule has 0 aromatic heterocycles. The molecule has 116 valence electrons. The predicted octanol–water partition coefficient (Wildman–Crippen LogP) is 4.21. The minimum Gasteiger partial charge on any atom is -0.316 e. The zero-order chi connectivity index (χ0) is 16.2. The standard InChI is InChI=1S/C18H22FN.C2H2/c1-2-12-20-13-11-15-7-9-16(10-8-15)14-17-5-3-4-6-18(17)19;1-2/h3-10,20H,2,11-14H2,1H3;1-2H. The van der Waals surface area contributed by atoms with Crippen LogP contribution in [0.2, 0.25) is 0 Å². The molecule has 2 aromatic carbocycles. The zero-order valence-electron chi connectivity index (χ0n) is 13.2. The van der Waals surface area contributed by atoms with E-state index in [-0.39, 0.29) is 5.82 Å². The van der Waals surface area contributed by atoms with E-state index in [0.29, 0.717) is 6.42 Å². The lowest BCUT2D eigenvalue weighted by molar-refractivity contribution is 0.614. The molecule has 0 aliphatic rings. The van der Waals surface area contributed by atoms with Gasteiger partial charge in [-0.25, -0.2) is 4.39 Å². The number of rotatable bonds is 7. The Kier molecular flexibility index (Phi) is 8.64. The molecule has 22 heavy (non-hydrogen) atoms. The first-order valence-corrected chi connectivity index (χ1v) is 7.65. The first kappa shape index (κ1) is 17.9. The molecule has 0 unspecified atom stereocenters. The van der Waals surface area contributed by atoms with Crippen molar-refractivity contribution in [2.24, 2.45) is 0 Å². The SMILES string of the molecule is C#C.CCCNCCc1ccc(Cc2ccccc2F)cc1. The summed E-state index contributed by atoms with van der Waals surface area (Å²) in [6, 6.07) is 15.5. The molecule has 1 N–H and O–H groups in total. The van der Waals surface area contributed by atoms with Gasteiger partial charge in [0.2, 0.25) is 0 Å². The molecule has 0 aliphatic carbocycles. The highest BCUT2D eigenvalue weighted by Gasteiger charge is 2.02. The monoisotopic (exact) mass is 297 g/mol. The largest absolute Gasteiger partial charge is 0.316 e. The summed E-state index contributed by atoms with van der Waals surface area (Å²) in [6.45, 7) is 4.26. The number of hydrogen-bond acceptors (Lipinski definition) is 1. The van der Waals surface area contributed by atoms with Gasteiger partial charge in [-0.15, -0.1) is 12.8 Å². The minimum atomic E-state index is -0.125. The van der Waals surface area contributed by atoms with E-state index < -0.39 is 0 Å². The van der Waals surface area contributed by atoms with Gasteiger partial charge in [-0.1, -0.05) is 49.4 Å². The van der Waals surface area contributed by atoms with Crippen molar-refractivity contribution in [3.63, 3.8) is 0 Å². The molecule has 2 heteroatoms. The van der Waals surface area contributed by atoms with Crippen LogP contribution in [0.4, 0.5) is 4.39 Å². The van der Waals surface area contributed by atoms with Crippen LogP contribution in [0, 0.1) is 18.7 Å². The van der Waals surface area contributed by atoms with Gasteiger partial charge >= 0.3 is 0 Å². The van der Waals surface area contributed by atoms with Gasteiger partial charge in [0.15, 0.2) is 0 Å². The van der Waals surface area contributed by atoms with Gasteiger partial charge in [-0.2, -0.15) is 0 Å². The Bertz CT molecular complexity index is 557. The number of halogens is 1. The van der Waals surface area contributed by atoms with Crippen LogP contribution in [0.25, 0.3) is 0 Å². The van der Waals surface area contributed by atoms with Gasteiger partial charge in [-0.3, -0.25) is 0 Å². The summed E-state index contributed by atoms with van der Waals surface area (Å²) in [6.07, 6.45) is 10.9. The average Bonchev–Trinajstić information content (AvgIpc) is 2.57. The summed E-state index contributed by atoms with van der Waals surface area (Å²) in [7, 11) is 0. The molecular formula is C20H24FN. The molecule has 0 radical (unpaired) electrons. The first-order valence-electron chi connectivity index (χ1n) is 7.65. The lowest BCUT2D eigenvalue weighted by Gasteiger charge is -2.06. The summed E-state index contributed by atoms with van der Waals surface area (Å²) in [5.41, 5.74) is 3.23. The molecule has 0 aliphatic heterocycles. The Labute approximate surface area is 133 Å². The van der Waals surface area contributed by atoms with Crippen LogP contribution >= 0.6 is 0 Å². The lowest BCUT2D eigenvalue weighted by Crippen LogP contribution is -2.17. The van der Waals surface area contributed by atoms with Gasteiger partial charge in [0.25, 0.3) is 0 Å². The van der Waals surface area contributed by atoms with E-state index in [0.717, 1.165) is 30.6 Å². The quantitative estimate of drug-likeness (QED) is 0.596. The third-order valence-corrected chi connectivity index (χ3v) is 3.39. The molecule has 0 amide bonds. The summed E-state index contributed by atoms with van der Waals surface area (Å²) in [5.74, 6) is -0.125. The fourth-order valence-corrected chi connectivity index (χ4v) is 2.22. The predicted molar refractivity (Wildman–Crippen MR) is 92.4 cm³/mol. The van der Waals surface area contributed by atoms with Crippen molar-refractivity contribution >= 4 is 0 Å². The van der Waals surface area contributed by atoms with Crippen LogP contribution in [0.5, 0.6) is 0 Å². The van der Waals surface area contributed by atoms with Crippen molar-refractivity contribution in [1.29, 1.82) is 0 Å². The third kappa shape index (κ3) is 6.11. The van der Waals surface area contributed by atoms with E-state index in [1.54, 1.807) is 6.07 Å². The highest BCUT2D eigenvalue weighted by molar-refractivity contribution is 5.29. The summed E-state index contributed by atoms with van der Waals surface area (Å²) < 4.78 is 13.6. The van der Waals surface area contributed by atoms with Gasteiger partial charge < -0.3 is 5.32 Å². The van der Waals surface area contributed by atoms with E-state index in [9.17, 15) is 4.39 Å². The summed E-state index contributed by atoms with van der Waals surface area (Å²) >= 11 is 0. The van der Waals surface area contributed by atoms with Gasteiger partial charge in [0, 0.05) is 6.42 Å². The second-order valence-corrected chi connectivity index (χ2v) is 5.08. The van der Waals surface area contributed by atoms with Gasteiger partial charge in [0.1, 0.15) is 5.82 Å². The van der Waals surface area contributed by atoms with Gasteiger partial charge in [-0.05, 0) is 48.7 Å². The molecule has 0 saturated carbocycles. The van der Waals surface area contributed by atoms with E-state index in [2.05, 4.69) is 49.4 Å². The van der Waals surface area contributed by atoms with E-state index in [1.165, 1.54) is 18.1 Å². The van der Waals surface area contributed by atoms with Crippen molar-refractivity contribution < 1.29 is 4.39 Å². The lowest BCUT2D eigenvalue weighted by atomic mass is 10.0. The molecular weight excluding hydrogens is 273 g/mol. The normalized spacial score (nSPS) is 9.82. The topological polar surface area (TPSA) is 12.0 Å². The summed E-state index contributed by atoms with van der Waals surface area (Å²) in [5, 5.41) is 3.40. The van der Waals surface area contributed by atoms with Crippen molar-refractivity contribution in [1.82, 2.24) is 5.32 Å². The van der Waals surface area contributed by atoms with Crippen molar-refractivity contribution in [2.45, 2.75) is 26.2 Å². The fraction of sp³-hybridized carbons (Fsp3) is 0.300. The van der Waals surface area contributed by atoms with Crippen molar-refractivity contribution in [3.05, 3.63) is 71.0 Å². The molecule has 1 nitrogen and oxygen atoms in total. The molecule has 0 fully saturated rings. The smallest absolute Gasteiger partial charge is 0.126 e.